The second-order valence-electron chi connectivity index (χ2n) is 2.54. The Labute approximate surface area is 88.7 Å². The molecule has 72 valence electrons. The smallest absolute Gasteiger partial charge is 0.311 e. The van der Waals surface area contributed by atoms with Gasteiger partial charge in [0.1, 0.15) is 5.75 Å². The predicted molar refractivity (Wildman–Crippen MR) is 57.3 cm³/mol. The van der Waals surface area contributed by atoms with Crippen LogP contribution in [0.2, 0.25) is 0 Å². The maximum absolute atomic E-state index is 11.0. The summed E-state index contributed by atoms with van der Waals surface area (Å²) in [4.78, 5) is 11.0. The fourth-order valence-electron chi connectivity index (χ4n) is 0.875. The van der Waals surface area contributed by atoms with Gasteiger partial charge >= 0.3 is 5.97 Å². The molecule has 3 heteroatoms. The summed E-state index contributed by atoms with van der Waals surface area (Å²) in [7, 11) is 0. The summed E-state index contributed by atoms with van der Waals surface area (Å²) in [6.07, 6.45) is 1.31. The number of halogens is 1. The summed E-state index contributed by atoms with van der Waals surface area (Å²) in [5, 5.41) is 0. The highest BCUT2D eigenvalue weighted by Gasteiger charge is 2.00. The summed E-state index contributed by atoms with van der Waals surface area (Å²) in [5.41, 5.74) is 0. The van der Waals surface area contributed by atoms with E-state index in [2.05, 4.69) is 0 Å². The summed E-state index contributed by atoms with van der Waals surface area (Å²) >= 11 is 0. The fourth-order valence-corrected chi connectivity index (χ4v) is 0.875. The molecule has 0 unspecified atom stereocenters. The van der Waals surface area contributed by atoms with Crippen molar-refractivity contribution in [3.05, 3.63) is 30.3 Å². The number of rotatable bonds is 3. The van der Waals surface area contributed by atoms with Crippen molar-refractivity contribution in [3.8, 4) is 5.75 Å². The highest BCUT2D eigenvalue weighted by molar-refractivity contribution is 8.93. The number of benzene rings is 1. The summed E-state index contributed by atoms with van der Waals surface area (Å²) in [6, 6.07) is 9.11. The zero-order valence-corrected chi connectivity index (χ0v) is 9.24. The molecule has 2 nitrogen and oxygen atoms in total. The first-order valence-corrected chi connectivity index (χ1v) is 4.08. The van der Waals surface area contributed by atoms with E-state index in [4.69, 9.17) is 4.74 Å². The standard InChI is InChI=1S/C10H12O2.BrH/c1-2-6-10(11)12-9-7-4-3-5-8-9;/h3-5,7-8H,2,6H2,1H3;1H. The molecule has 0 atom stereocenters. The zero-order valence-electron chi connectivity index (χ0n) is 7.53. The molecule has 0 saturated carbocycles. The van der Waals surface area contributed by atoms with Crippen molar-refractivity contribution in [2.45, 2.75) is 19.8 Å². The van der Waals surface area contributed by atoms with Crippen LogP contribution in [-0.2, 0) is 4.79 Å². The molecule has 0 spiro atoms. The molecular weight excluding hydrogens is 232 g/mol. The SMILES string of the molecule is Br.CCCC(=O)Oc1ccccc1. The molecule has 0 fully saturated rings. The predicted octanol–water partition coefficient (Wildman–Crippen LogP) is 2.97. The maximum Gasteiger partial charge on any atom is 0.311 e. The molecule has 0 saturated heterocycles. The second kappa shape index (κ2) is 6.66. The Morgan fingerprint density at radius 2 is 1.92 bits per heavy atom. The van der Waals surface area contributed by atoms with Gasteiger partial charge in [0.25, 0.3) is 0 Å². The van der Waals surface area contributed by atoms with Gasteiger partial charge in [-0.1, -0.05) is 25.1 Å². The second-order valence-corrected chi connectivity index (χ2v) is 2.54. The van der Waals surface area contributed by atoms with E-state index in [-0.39, 0.29) is 23.0 Å². The first-order valence-electron chi connectivity index (χ1n) is 4.08. The van der Waals surface area contributed by atoms with Crippen LogP contribution >= 0.6 is 17.0 Å². The molecule has 0 aliphatic carbocycles. The molecule has 0 amide bonds. The molecule has 0 bridgehead atoms. The van der Waals surface area contributed by atoms with Crippen LogP contribution in [-0.4, -0.2) is 5.97 Å². The van der Waals surface area contributed by atoms with Gasteiger partial charge in [0.05, 0.1) is 0 Å². The van der Waals surface area contributed by atoms with E-state index in [1.165, 1.54) is 0 Å². The van der Waals surface area contributed by atoms with Gasteiger partial charge in [0.2, 0.25) is 0 Å². The highest BCUT2D eigenvalue weighted by atomic mass is 79.9. The number of hydrogen-bond acceptors (Lipinski definition) is 2. The molecule has 0 aliphatic rings. The Balaban J connectivity index is 0.00000144. The Morgan fingerprint density at radius 1 is 1.31 bits per heavy atom. The molecule has 1 aromatic rings. The monoisotopic (exact) mass is 244 g/mol. The first kappa shape index (κ1) is 12.2. The van der Waals surface area contributed by atoms with E-state index in [9.17, 15) is 4.79 Å². The Kier molecular flexibility index (Phi) is 6.24. The third-order valence-electron chi connectivity index (χ3n) is 1.43. The van der Waals surface area contributed by atoms with Crippen LogP contribution in [0.4, 0.5) is 0 Å². The van der Waals surface area contributed by atoms with Gasteiger partial charge in [-0.2, -0.15) is 0 Å². The summed E-state index contributed by atoms with van der Waals surface area (Å²) < 4.78 is 5.02. The molecule has 0 aromatic heterocycles. The third-order valence-corrected chi connectivity index (χ3v) is 1.43. The van der Waals surface area contributed by atoms with Crippen LogP contribution in [0, 0.1) is 0 Å². The average Bonchev–Trinajstić information content (AvgIpc) is 2.06. The lowest BCUT2D eigenvalue weighted by atomic mass is 10.3. The summed E-state index contributed by atoms with van der Waals surface area (Å²) in [6.45, 7) is 1.95. The first-order chi connectivity index (χ1) is 5.83. The number of hydrogen-bond donors (Lipinski definition) is 0. The van der Waals surface area contributed by atoms with Crippen molar-refractivity contribution in [2.75, 3.05) is 0 Å². The molecule has 13 heavy (non-hydrogen) atoms. The van der Waals surface area contributed by atoms with Gasteiger partial charge in [-0.3, -0.25) is 4.79 Å². The third kappa shape index (κ3) is 4.68. The maximum atomic E-state index is 11.0. The molecule has 1 rings (SSSR count). The largest absolute Gasteiger partial charge is 0.427 e. The van der Waals surface area contributed by atoms with Crippen molar-refractivity contribution in [3.63, 3.8) is 0 Å². The van der Waals surface area contributed by atoms with E-state index in [1.54, 1.807) is 12.1 Å². The van der Waals surface area contributed by atoms with E-state index in [1.807, 2.05) is 25.1 Å². The molecule has 0 aliphatic heterocycles. The Morgan fingerprint density at radius 3 is 2.46 bits per heavy atom. The normalized spacial score (nSPS) is 8.69. The van der Waals surface area contributed by atoms with Crippen LogP contribution in [0.15, 0.2) is 30.3 Å². The molecular formula is C10H13BrO2. The molecule has 0 N–H and O–H groups in total. The molecule has 0 heterocycles. The molecule has 1 aromatic carbocycles. The van der Waals surface area contributed by atoms with Crippen molar-refractivity contribution in [1.82, 2.24) is 0 Å². The van der Waals surface area contributed by atoms with Crippen LogP contribution in [0.1, 0.15) is 19.8 Å². The quantitative estimate of drug-likeness (QED) is 0.604. The minimum Gasteiger partial charge on any atom is -0.427 e. The van der Waals surface area contributed by atoms with Crippen LogP contribution in [0.3, 0.4) is 0 Å². The number of para-hydroxylation sites is 1. The lowest BCUT2D eigenvalue weighted by molar-refractivity contribution is -0.134. The van der Waals surface area contributed by atoms with Gasteiger partial charge < -0.3 is 4.74 Å². The summed E-state index contributed by atoms with van der Waals surface area (Å²) in [5.74, 6) is 0.458. The van der Waals surface area contributed by atoms with Gasteiger partial charge in [0, 0.05) is 6.42 Å². The van der Waals surface area contributed by atoms with Gasteiger partial charge in [-0.05, 0) is 18.6 Å². The van der Waals surface area contributed by atoms with Gasteiger partial charge in [-0.15, -0.1) is 17.0 Å². The van der Waals surface area contributed by atoms with Crippen LogP contribution in [0.25, 0.3) is 0 Å². The van der Waals surface area contributed by atoms with Crippen molar-refractivity contribution in [1.29, 1.82) is 0 Å². The average molecular weight is 245 g/mol. The minimum atomic E-state index is -0.163. The Bertz CT molecular complexity index is 246. The van der Waals surface area contributed by atoms with Crippen LogP contribution in [0.5, 0.6) is 5.75 Å². The number of carbonyl (C=O) groups excluding carboxylic acids is 1. The van der Waals surface area contributed by atoms with E-state index >= 15 is 0 Å². The zero-order chi connectivity index (χ0) is 8.81. The fraction of sp³-hybridized carbons (Fsp3) is 0.300. The van der Waals surface area contributed by atoms with Crippen molar-refractivity contribution in [2.24, 2.45) is 0 Å². The lowest BCUT2D eigenvalue weighted by Gasteiger charge is -2.01. The van der Waals surface area contributed by atoms with E-state index < -0.39 is 0 Å². The van der Waals surface area contributed by atoms with E-state index in [0.29, 0.717) is 12.2 Å². The van der Waals surface area contributed by atoms with Gasteiger partial charge in [-0.25, -0.2) is 0 Å². The Hall–Kier alpha value is -0.830. The van der Waals surface area contributed by atoms with Crippen molar-refractivity contribution >= 4 is 23.0 Å². The van der Waals surface area contributed by atoms with Gasteiger partial charge in [0.15, 0.2) is 0 Å². The number of esters is 1. The molecule has 0 radical (unpaired) electrons. The highest BCUT2D eigenvalue weighted by Crippen LogP contribution is 2.09. The number of carbonyl (C=O) groups is 1. The van der Waals surface area contributed by atoms with Crippen molar-refractivity contribution < 1.29 is 9.53 Å². The number of ether oxygens (including phenoxy) is 1. The minimum absolute atomic E-state index is 0. The van der Waals surface area contributed by atoms with Crippen LogP contribution < -0.4 is 4.74 Å². The lowest BCUT2D eigenvalue weighted by Crippen LogP contribution is -2.06. The van der Waals surface area contributed by atoms with E-state index in [0.717, 1.165) is 6.42 Å². The topological polar surface area (TPSA) is 26.3 Å².